The second-order valence-corrected chi connectivity index (χ2v) is 6.74. The van der Waals surface area contributed by atoms with Gasteiger partial charge in [-0.25, -0.2) is 0 Å². The summed E-state index contributed by atoms with van der Waals surface area (Å²) in [7, 11) is 0. The Balaban J connectivity index is 1.74. The SMILES string of the molecule is O=C(O)C1CCN(C2(Cc3ccccc3)CCNCC2)CC1. The van der Waals surface area contributed by atoms with Crippen molar-refractivity contribution in [2.24, 2.45) is 5.92 Å². The number of carboxylic acid groups (broad SMARTS) is 1. The molecular formula is C18H26N2O2. The molecule has 0 aromatic heterocycles. The zero-order valence-corrected chi connectivity index (χ0v) is 13.1. The average Bonchev–Trinajstić information content (AvgIpc) is 2.57. The predicted molar refractivity (Wildman–Crippen MR) is 86.9 cm³/mol. The van der Waals surface area contributed by atoms with E-state index in [9.17, 15) is 9.90 Å². The van der Waals surface area contributed by atoms with E-state index < -0.39 is 5.97 Å². The summed E-state index contributed by atoms with van der Waals surface area (Å²) < 4.78 is 0. The van der Waals surface area contributed by atoms with Crippen molar-refractivity contribution < 1.29 is 9.90 Å². The number of benzene rings is 1. The molecule has 4 heteroatoms. The maximum Gasteiger partial charge on any atom is 0.306 e. The van der Waals surface area contributed by atoms with Gasteiger partial charge >= 0.3 is 5.97 Å². The second-order valence-electron chi connectivity index (χ2n) is 6.74. The largest absolute Gasteiger partial charge is 0.481 e. The first kappa shape index (κ1) is 15.5. The first-order valence-corrected chi connectivity index (χ1v) is 8.42. The highest BCUT2D eigenvalue weighted by atomic mass is 16.4. The normalized spacial score (nSPS) is 23.3. The molecule has 2 saturated heterocycles. The standard InChI is InChI=1S/C18H26N2O2/c21-17(22)16-6-12-20(13-7-16)18(8-10-19-11-9-18)14-15-4-2-1-3-5-15/h1-5,16,19H,6-14H2,(H,21,22). The third kappa shape index (κ3) is 3.33. The Kier molecular flexibility index (Phi) is 4.79. The van der Waals surface area contributed by atoms with E-state index in [-0.39, 0.29) is 11.5 Å². The first-order valence-electron chi connectivity index (χ1n) is 8.42. The van der Waals surface area contributed by atoms with Crippen LogP contribution in [-0.2, 0) is 11.2 Å². The molecule has 2 heterocycles. The summed E-state index contributed by atoms with van der Waals surface area (Å²) in [4.78, 5) is 13.8. The molecule has 2 fully saturated rings. The number of piperidine rings is 2. The van der Waals surface area contributed by atoms with Crippen LogP contribution in [0, 0.1) is 5.92 Å². The number of carboxylic acids is 1. The Morgan fingerprint density at radius 2 is 1.82 bits per heavy atom. The average molecular weight is 302 g/mol. The molecule has 0 unspecified atom stereocenters. The molecule has 3 rings (SSSR count). The summed E-state index contributed by atoms with van der Waals surface area (Å²) in [5, 5.41) is 12.7. The van der Waals surface area contributed by atoms with Crippen LogP contribution in [0.3, 0.4) is 0 Å². The van der Waals surface area contributed by atoms with E-state index in [1.54, 1.807) is 0 Å². The van der Waals surface area contributed by atoms with E-state index in [4.69, 9.17) is 0 Å². The fourth-order valence-electron chi connectivity index (χ4n) is 4.07. The van der Waals surface area contributed by atoms with Gasteiger partial charge in [0.1, 0.15) is 0 Å². The van der Waals surface area contributed by atoms with Crippen LogP contribution in [0.2, 0.25) is 0 Å². The van der Waals surface area contributed by atoms with Gasteiger partial charge in [0.05, 0.1) is 5.92 Å². The Morgan fingerprint density at radius 1 is 1.18 bits per heavy atom. The van der Waals surface area contributed by atoms with Gasteiger partial charge in [0.2, 0.25) is 0 Å². The van der Waals surface area contributed by atoms with Crippen LogP contribution in [0.1, 0.15) is 31.2 Å². The highest BCUT2D eigenvalue weighted by molar-refractivity contribution is 5.70. The summed E-state index contributed by atoms with van der Waals surface area (Å²) in [6, 6.07) is 10.7. The van der Waals surface area contributed by atoms with Crippen molar-refractivity contribution in [3.05, 3.63) is 35.9 Å². The van der Waals surface area contributed by atoms with Crippen LogP contribution in [0.25, 0.3) is 0 Å². The molecule has 22 heavy (non-hydrogen) atoms. The summed E-state index contributed by atoms with van der Waals surface area (Å²) in [5.74, 6) is -0.770. The lowest BCUT2D eigenvalue weighted by Gasteiger charge is -2.49. The number of rotatable bonds is 4. The number of nitrogens with zero attached hydrogens (tertiary/aromatic N) is 1. The van der Waals surface area contributed by atoms with Crippen molar-refractivity contribution >= 4 is 5.97 Å². The van der Waals surface area contributed by atoms with Crippen molar-refractivity contribution in [3.8, 4) is 0 Å². The molecule has 4 nitrogen and oxygen atoms in total. The van der Waals surface area contributed by atoms with Crippen LogP contribution in [0.4, 0.5) is 0 Å². The van der Waals surface area contributed by atoms with Gasteiger partial charge in [0.15, 0.2) is 0 Å². The lowest BCUT2D eigenvalue weighted by Crippen LogP contribution is -2.58. The molecule has 2 aliphatic rings. The summed E-state index contributed by atoms with van der Waals surface area (Å²) in [5.41, 5.74) is 1.60. The maximum atomic E-state index is 11.2. The van der Waals surface area contributed by atoms with Crippen molar-refractivity contribution in [1.82, 2.24) is 10.2 Å². The van der Waals surface area contributed by atoms with E-state index in [1.807, 2.05) is 0 Å². The van der Waals surface area contributed by atoms with Gasteiger partial charge in [-0.2, -0.15) is 0 Å². The van der Waals surface area contributed by atoms with Gasteiger partial charge in [-0.15, -0.1) is 0 Å². The predicted octanol–water partition coefficient (Wildman–Crippen LogP) is 2.15. The van der Waals surface area contributed by atoms with E-state index in [2.05, 4.69) is 40.5 Å². The van der Waals surface area contributed by atoms with E-state index in [0.717, 1.165) is 58.3 Å². The first-order chi connectivity index (χ1) is 10.7. The number of nitrogens with one attached hydrogen (secondary N) is 1. The minimum Gasteiger partial charge on any atom is -0.481 e. The molecule has 0 aliphatic carbocycles. The van der Waals surface area contributed by atoms with Crippen molar-refractivity contribution in [3.63, 3.8) is 0 Å². The van der Waals surface area contributed by atoms with Crippen LogP contribution in [-0.4, -0.2) is 47.7 Å². The fourth-order valence-corrected chi connectivity index (χ4v) is 4.07. The van der Waals surface area contributed by atoms with Gasteiger partial charge in [-0.05, 0) is 63.8 Å². The zero-order valence-electron chi connectivity index (χ0n) is 13.1. The lowest BCUT2D eigenvalue weighted by molar-refractivity contribution is -0.144. The molecule has 0 spiro atoms. The van der Waals surface area contributed by atoms with Crippen LogP contribution in [0.5, 0.6) is 0 Å². The molecule has 0 saturated carbocycles. The molecule has 0 amide bonds. The minimum absolute atomic E-state index is 0.147. The molecule has 2 N–H and O–H groups in total. The quantitative estimate of drug-likeness (QED) is 0.895. The van der Waals surface area contributed by atoms with Gasteiger partial charge in [0.25, 0.3) is 0 Å². The van der Waals surface area contributed by atoms with Crippen LogP contribution in [0.15, 0.2) is 30.3 Å². The molecule has 1 aromatic carbocycles. The van der Waals surface area contributed by atoms with Crippen LogP contribution < -0.4 is 5.32 Å². The number of carbonyl (C=O) groups is 1. The van der Waals surface area contributed by atoms with Crippen molar-refractivity contribution in [2.75, 3.05) is 26.2 Å². The Hall–Kier alpha value is -1.39. The molecule has 2 aliphatic heterocycles. The molecule has 0 radical (unpaired) electrons. The lowest BCUT2D eigenvalue weighted by atomic mass is 9.79. The number of likely N-dealkylation sites (tertiary alicyclic amines) is 1. The van der Waals surface area contributed by atoms with Gasteiger partial charge in [-0.3, -0.25) is 9.69 Å². The third-order valence-corrected chi connectivity index (χ3v) is 5.43. The molecule has 1 aromatic rings. The smallest absolute Gasteiger partial charge is 0.306 e. The van der Waals surface area contributed by atoms with E-state index >= 15 is 0 Å². The minimum atomic E-state index is -0.623. The van der Waals surface area contributed by atoms with Gasteiger partial charge in [-0.1, -0.05) is 30.3 Å². The summed E-state index contributed by atoms with van der Waals surface area (Å²) >= 11 is 0. The zero-order chi connectivity index (χ0) is 15.4. The highest BCUT2D eigenvalue weighted by Gasteiger charge is 2.40. The topological polar surface area (TPSA) is 52.6 Å². The van der Waals surface area contributed by atoms with Gasteiger partial charge in [0, 0.05) is 5.54 Å². The number of hydrogen-bond acceptors (Lipinski definition) is 3. The molecule has 0 bridgehead atoms. The third-order valence-electron chi connectivity index (χ3n) is 5.43. The second kappa shape index (κ2) is 6.80. The van der Waals surface area contributed by atoms with Crippen molar-refractivity contribution in [2.45, 2.75) is 37.6 Å². The monoisotopic (exact) mass is 302 g/mol. The molecule has 0 atom stereocenters. The van der Waals surface area contributed by atoms with Crippen LogP contribution >= 0.6 is 0 Å². The summed E-state index contributed by atoms with van der Waals surface area (Å²) in [6.07, 6.45) is 4.96. The Bertz CT molecular complexity index is 489. The Morgan fingerprint density at radius 3 is 2.41 bits per heavy atom. The number of hydrogen-bond donors (Lipinski definition) is 2. The maximum absolute atomic E-state index is 11.2. The number of aliphatic carboxylic acids is 1. The fraction of sp³-hybridized carbons (Fsp3) is 0.611. The molecule has 120 valence electrons. The Labute approximate surface area is 132 Å². The van der Waals surface area contributed by atoms with Crippen molar-refractivity contribution in [1.29, 1.82) is 0 Å². The molecular weight excluding hydrogens is 276 g/mol. The van der Waals surface area contributed by atoms with E-state index in [1.165, 1.54) is 5.56 Å². The van der Waals surface area contributed by atoms with E-state index in [0.29, 0.717) is 0 Å². The highest BCUT2D eigenvalue weighted by Crippen LogP contribution is 2.34. The van der Waals surface area contributed by atoms with Gasteiger partial charge < -0.3 is 10.4 Å². The summed E-state index contributed by atoms with van der Waals surface area (Å²) in [6.45, 7) is 3.96.